The third-order valence-corrected chi connectivity index (χ3v) is 5.43. The van der Waals surface area contributed by atoms with E-state index < -0.39 is 11.9 Å². The van der Waals surface area contributed by atoms with Crippen molar-refractivity contribution in [1.82, 2.24) is 4.90 Å². The van der Waals surface area contributed by atoms with E-state index in [1.165, 1.54) is 18.2 Å². The number of halogens is 2. The van der Waals surface area contributed by atoms with Crippen molar-refractivity contribution >= 4 is 17.5 Å². The van der Waals surface area contributed by atoms with Gasteiger partial charge in [0.05, 0.1) is 22.8 Å². The second kappa shape index (κ2) is 6.86. The Balaban J connectivity index is 1.65. The van der Waals surface area contributed by atoms with Gasteiger partial charge in [-0.05, 0) is 37.8 Å². The Kier molecular flexibility index (Phi) is 4.99. The molecule has 132 valence electrons. The molecule has 7 heteroatoms. The minimum atomic E-state index is -0.532. The van der Waals surface area contributed by atoms with Crippen LogP contribution < -0.4 is 4.74 Å². The maximum atomic E-state index is 13.1. The third-order valence-electron chi connectivity index (χ3n) is 5.14. The number of carbonyl (C=O) groups excluding carboxylic acids is 1. The second-order valence-corrected chi connectivity index (χ2v) is 6.82. The molecule has 2 aliphatic rings. The van der Waals surface area contributed by atoms with Crippen molar-refractivity contribution in [1.29, 1.82) is 0 Å². The zero-order valence-corrected chi connectivity index (χ0v) is 14.3. The molecule has 0 bridgehead atoms. The molecule has 0 radical (unpaired) electrons. The number of nitrogens with zero attached hydrogens (tertiary/aromatic N) is 1. The van der Waals surface area contributed by atoms with Gasteiger partial charge in [-0.2, -0.15) is 0 Å². The van der Waals surface area contributed by atoms with Crippen molar-refractivity contribution < 1.29 is 23.8 Å². The van der Waals surface area contributed by atoms with Gasteiger partial charge in [0.1, 0.15) is 11.6 Å². The maximum absolute atomic E-state index is 13.1. The Morgan fingerprint density at radius 1 is 1.50 bits per heavy atom. The fourth-order valence-electron chi connectivity index (χ4n) is 3.77. The molecule has 3 rings (SSSR count). The lowest BCUT2D eigenvalue weighted by atomic mass is 9.79. The Morgan fingerprint density at radius 2 is 2.29 bits per heavy atom. The standard InChI is InChI=1S/C17H21ClFNO4/c1-23-17-5-4-11(21)8-15(17)20(7-6-17)16(22)10-24-12-2-3-14(19)13(18)9-12/h2-3,9,11,15,21H,4-8,10H2,1H3/t11-,15-,17+/m0/s1. The van der Waals surface area contributed by atoms with E-state index in [9.17, 15) is 14.3 Å². The highest BCUT2D eigenvalue weighted by Crippen LogP contribution is 2.42. The first kappa shape index (κ1) is 17.5. The molecule has 1 aromatic rings. The Morgan fingerprint density at radius 3 is 3.00 bits per heavy atom. The van der Waals surface area contributed by atoms with Crippen LogP contribution in [-0.4, -0.2) is 53.9 Å². The highest BCUT2D eigenvalue weighted by Gasteiger charge is 2.52. The van der Waals surface area contributed by atoms with Crippen molar-refractivity contribution in [2.24, 2.45) is 0 Å². The van der Waals surface area contributed by atoms with Gasteiger partial charge in [-0.3, -0.25) is 4.79 Å². The second-order valence-electron chi connectivity index (χ2n) is 6.41. The number of hydrogen-bond donors (Lipinski definition) is 1. The van der Waals surface area contributed by atoms with Crippen LogP contribution in [0.2, 0.25) is 5.02 Å². The van der Waals surface area contributed by atoms with Crippen LogP contribution in [0.3, 0.4) is 0 Å². The molecule has 1 aliphatic heterocycles. The third kappa shape index (κ3) is 3.23. The quantitative estimate of drug-likeness (QED) is 0.899. The first-order valence-electron chi connectivity index (χ1n) is 8.06. The lowest BCUT2D eigenvalue weighted by molar-refractivity contribution is -0.141. The van der Waals surface area contributed by atoms with Gasteiger partial charge < -0.3 is 19.5 Å². The average Bonchev–Trinajstić information content (AvgIpc) is 2.95. The van der Waals surface area contributed by atoms with Crippen molar-refractivity contribution in [3.63, 3.8) is 0 Å². The van der Waals surface area contributed by atoms with Crippen molar-refractivity contribution in [2.75, 3.05) is 20.3 Å². The van der Waals surface area contributed by atoms with E-state index in [1.807, 2.05) is 0 Å². The molecule has 24 heavy (non-hydrogen) atoms. The summed E-state index contributed by atoms with van der Waals surface area (Å²) in [5, 5.41) is 9.91. The van der Waals surface area contributed by atoms with Crippen LogP contribution in [0.25, 0.3) is 0 Å². The molecule has 1 aromatic carbocycles. The molecular formula is C17H21ClFNO4. The van der Waals surface area contributed by atoms with Crippen LogP contribution in [0.1, 0.15) is 25.7 Å². The number of rotatable bonds is 4. The first-order valence-corrected chi connectivity index (χ1v) is 8.43. The summed E-state index contributed by atoms with van der Waals surface area (Å²) in [5.41, 5.74) is -0.367. The predicted molar refractivity (Wildman–Crippen MR) is 86.6 cm³/mol. The number of hydrogen-bond acceptors (Lipinski definition) is 4. The smallest absolute Gasteiger partial charge is 0.260 e. The fraction of sp³-hybridized carbons (Fsp3) is 0.588. The molecule has 1 heterocycles. The summed E-state index contributed by atoms with van der Waals surface area (Å²) in [6.07, 6.45) is 2.30. The Hall–Kier alpha value is -1.37. The van der Waals surface area contributed by atoms with E-state index >= 15 is 0 Å². The molecule has 5 nitrogen and oxygen atoms in total. The monoisotopic (exact) mass is 357 g/mol. The summed E-state index contributed by atoms with van der Waals surface area (Å²) in [4.78, 5) is 14.3. The number of benzene rings is 1. The largest absolute Gasteiger partial charge is 0.484 e. The zero-order valence-electron chi connectivity index (χ0n) is 13.5. The van der Waals surface area contributed by atoms with Gasteiger partial charge >= 0.3 is 0 Å². The molecular weight excluding hydrogens is 337 g/mol. The number of aliphatic hydroxyl groups excluding tert-OH is 1. The number of likely N-dealkylation sites (tertiary alicyclic amines) is 1. The molecule has 0 unspecified atom stereocenters. The first-order chi connectivity index (χ1) is 11.4. The van der Waals surface area contributed by atoms with Gasteiger partial charge in [0.2, 0.25) is 0 Å². The lowest BCUT2D eigenvalue weighted by Gasteiger charge is -2.42. The van der Waals surface area contributed by atoms with Gasteiger partial charge in [0.15, 0.2) is 6.61 Å². The minimum Gasteiger partial charge on any atom is -0.484 e. The molecule has 3 atom stereocenters. The number of ether oxygens (including phenoxy) is 2. The normalized spacial score (nSPS) is 29.4. The zero-order chi connectivity index (χ0) is 17.3. The van der Waals surface area contributed by atoms with Gasteiger partial charge in [-0.15, -0.1) is 0 Å². The van der Waals surface area contributed by atoms with Crippen LogP contribution in [0.4, 0.5) is 4.39 Å². The summed E-state index contributed by atoms with van der Waals surface area (Å²) in [5.74, 6) is -0.361. The van der Waals surface area contributed by atoms with E-state index in [0.717, 1.165) is 12.8 Å². The van der Waals surface area contributed by atoms with Crippen molar-refractivity contribution in [3.8, 4) is 5.75 Å². The van der Waals surface area contributed by atoms with Gasteiger partial charge in [-0.1, -0.05) is 11.6 Å². The van der Waals surface area contributed by atoms with Crippen LogP contribution in [0.15, 0.2) is 18.2 Å². The van der Waals surface area contributed by atoms with E-state index in [0.29, 0.717) is 25.1 Å². The molecule has 1 N–H and O–H groups in total. The summed E-state index contributed by atoms with van der Waals surface area (Å²) in [6.45, 7) is 0.423. The molecule has 1 saturated carbocycles. The average molecular weight is 358 g/mol. The lowest BCUT2D eigenvalue weighted by Crippen LogP contribution is -2.53. The van der Waals surface area contributed by atoms with E-state index in [1.54, 1.807) is 12.0 Å². The van der Waals surface area contributed by atoms with Crippen LogP contribution in [0.5, 0.6) is 5.75 Å². The molecule has 1 saturated heterocycles. The van der Waals surface area contributed by atoms with Gasteiger partial charge in [0, 0.05) is 19.7 Å². The topological polar surface area (TPSA) is 59.0 Å². The van der Waals surface area contributed by atoms with Crippen LogP contribution in [-0.2, 0) is 9.53 Å². The highest BCUT2D eigenvalue weighted by molar-refractivity contribution is 6.30. The Labute approximate surface area is 145 Å². The number of fused-ring (bicyclic) bond motifs is 1. The van der Waals surface area contributed by atoms with E-state index in [2.05, 4.69) is 0 Å². The predicted octanol–water partition coefficient (Wildman–Crippen LogP) is 2.39. The summed E-state index contributed by atoms with van der Waals surface area (Å²) in [6, 6.07) is 3.84. The summed E-state index contributed by atoms with van der Waals surface area (Å²) in [7, 11) is 1.66. The fourth-order valence-corrected chi connectivity index (χ4v) is 3.94. The number of amides is 1. The molecule has 1 aliphatic carbocycles. The summed E-state index contributed by atoms with van der Waals surface area (Å²) >= 11 is 5.71. The number of carbonyl (C=O) groups is 1. The Bertz CT molecular complexity index is 629. The molecule has 0 aromatic heterocycles. The highest BCUT2D eigenvalue weighted by atomic mass is 35.5. The maximum Gasteiger partial charge on any atom is 0.260 e. The molecule has 2 fully saturated rings. The SMILES string of the molecule is CO[C@@]12CC[C@H](O)C[C@@H]1N(C(=O)COc1ccc(F)c(Cl)c1)CC2. The number of aliphatic hydroxyl groups is 1. The molecule has 1 amide bonds. The van der Waals surface area contributed by atoms with Crippen molar-refractivity contribution in [3.05, 3.63) is 29.0 Å². The van der Waals surface area contributed by atoms with Crippen molar-refractivity contribution in [2.45, 2.75) is 43.4 Å². The van der Waals surface area contributed by atoms with Crippen LogP contribution >= 0.6 is 11.6 Å². The van der Waals surface area contributed by atoms with E-state index in [4.69, 9.17) is 21.1 Å². The summed E-state index contributed by atoms with van der Waals surface area (Å²) < 4.78 is 24.3. The van der Waals surface area contributed by atoms with Gasteiger partial charge in [0.25, 0.3) is 5.91 Å². The van der Waals surface area contributed by atoms with Crippen LogP contribution in [0, 0.1) is 5.82 Å². The van der Waals surface area contributed by atoms with E-state index in [-0.39, 0.29) is 29.2 Å². The minimum absolute atomic E-state index is 0.0464. The van der Waals surface area contributed by atoms with Gasteiger partial charge in [-0.25, -0.2) is 4.39 Å². The number of methoxy groups -OCH3 is 1. The molecule has 0 spiro atoms.